The molecule has 0 bridgehead atoms. The highest BCUT2D eigenvalue weighted by Crippen LogP contribution is 2.35. The first-order valence-electron chi connectivity index (χ1n) is 7.14. The number of hydrogen-bond donors (Lipinski definition) is 8. The van der Waals surface area contributed by atoms with Gasteiger partial charge >= 0.3 is 0 Å². The first kappa shape index (κ1) is 18.9. The molecular weight excluding hydrogens is 318 g/mol. The molecular formula is C12H23NO10. The van der Waals surface area contributed by atoms with Crippen LogP contribution in [0.25, 0.3) is 0 Å². The Morgan fingerprint density at radius 1 is 0.913 bits per heavy atom. The van der Waals surface area contributed by atoms with Crippen LogP contribution < -0.4 is 5.73 Å². The lowest BCUT2D eigenvalue weighted by Crippen LogP contribution is -2.62. The Hall–Kier alpha value is -0.440. The van der Waals surface area contributed by atoms with Gasteiger partial charge in [-0.1, -0.05) is 0 Å². The summed E-state index contributed by atoms with van der Waals surface area (Å²) in [4.78, 5) is 0. The van der Waals surface area contributed by atoms with E-state index < -0.39 is 68.0 Å². The molecule has 2 fully saturated rings. The van der Waals surface area contributed by atoms with Crippen LogP contribution in [0.1, 0.15) is 0 Å². The average Bonchev–Trinajstić information content (AvgIpc) is 2.80. The van der Waals surface area contributed by atoms with Crippen LogP contribution >= 0.6 is 0 Å². The molecule has 0 amide bonds. The van der Waals surface area contributed by atoms with Crippen LogP contribution in [0.5, 0.6) is 0 Å². The van der Waals surface area contributed by atoms with Crippen LogP contribution in [-0.4, -0.2) is 110 Å². The standard InChI is InChI=1S/C12H23NO10/c13-1-4-7(17)10(20)12(3-15,22-4)23-11-9(19)8(18)6(16)5(2-14)21-11/h4-11,14-20H,1-3,13H2/t4-,5-,6-,7-,8+,9-,10+,11-,12+/m1/s1. The van der Waals surface area contributed by atoms with E-state index in [1.54, 1.807) is 0 Å². The zero-order valence-corrected chi connectivity index (χ0v) is 12.2. The monoisotopic (exact) mass is 341 g/mol. The van der Waals surface area contributed by atoms with Gasteiger partial charge in [0.05, 0.1) is 6.61 Å². The summed E-state index contributed by atoms with van der Waals surface area (Å²) in [5, 5.41) is 67.8. The summed E-state index contributed by atoms with van der Waals surface area (Å²) in [5.41, 5.74) is 5.39. The highest BCUT2D eigenvalue weighted by Gasteiger charge is 2.58. The van der Waals surface area contributed by atoms with Gasteiger partial charge in [0.25, 0.3) is 0 Å². The smallest absolute Gasteiger partial charge is 0.224 e. The van der Waals surface area contributed by atoms with E-state index in [2.05, 4.69) is 0 Å². The molecule has 2 aliphatic rings. The van der Waals surface area contributed by atoms with Crippen LogP contribution in [0.2, 0.25) is 0 Å². The molecule has 11 heteroatoms. The van der Waals surface area contributed by atoms with E-state index >= 15 is 0 Å². The second-order valence-electron chi connectivity index (χ2n) is 5.61. The molecule has 0 aromatic rings. The number of rotatable bonds is 5. The van der Waals surface area contributed by atoms with Gasteiger partial charge < -0.3 is 55.7 Å². The predicted octanol–water partition coefficient (Wildman–Crippen LogP) is -5.43. The van der Waals surface area contributed by atoms with E-state index in [1.807, 2.05) is 0 Å². The van der Waals surface area contributed by atoms with Crippen LogP contribution in [0, 0.1) is 0 Å². The maximum atomic E-state index is 10.1. The Balaban J connectivity index is 2.18. The number of nitrogens with two attached hydrogens (primary N) is 1. The van der Waals surface area contributed by atoms with Crippen molar-refractivity contribution in [3.8, 4) is 0 Å². The molecule has 2 saturated heterocycles. The molecule has 9 atom stereocenters. The Bertz CT molecular complexity index is 398. The molecule has 11 nitrogen and oxygen atoms in total. The van der Waals surface area contributed by atoms with Gasteiger partial charge in [0.1, 0.15) is 49.3 Å². The summed E-state index contributed by atoms with van der Waals surface area (Å²) in [6.45, 7) is -1.75. The molecule has 2 rings (SSSR count). The minimum Gasteiger partial charge on any atom is -0.394 e. The van der Waals surface area contributed by atoms with Gasteiger partial charge in [0.15, 0.2) is 6.29 Å². The van der Waals surface area contributed by atoms with E-state index in [4.69, 9.17) is 25.1 Å². The summed E-state index contributed by atoms with van der Waals surface area (Å²) in [5.74, 6) is -2.14. The van der Waals surface area contributed by atoms with E-state index in [9.17, 15) is 30.6 Å². The average molecular weight is 341 g/mol. The summed E-state index contributed by atoms with van der Waals surface area (Å²) in [6, 6.07) is 0. The Kier molecular flexibility index (Phi) is 5.92. The molecule has 0 spiro atoms. The van der Waals surface area contributed by atoms with Gasteiger partial charge in [-0.2, -0.15) is 0 Å². The lowest BCUT2D eigenvalue weighted by atomic mass is 9.99. The normalized spacial score (nSPS) is 51.1. The fraction of sp³-hybridized carbons (Fsp3) is 1.00. The van der Waals surface area contributed by atoms with Gasteiger partial charge in [-0.05, 0) is 0 Å². The highest BCUT2D eigenvalue weighted by molar-refractivity contribution is 4.98. The van der Waals surface area contributed by atoms with Gasteiger partial charge in [0, 0.05) is 6.54 Å². The van der Waals surface area contributed by atoms with Crippen LogP contribution in [0.4, 0.5) is 0 Å². The molecule has 23 heavy (non-hydrogen) atoms. The molecule has 0 unspecified atom stereocenters. The second-order valence-corrected chi connectivity index (χ2v) is 5.61. The first-order chi connectivity index (χ1) is 10.8. The highest BCUT2D eigenvalue weighted by atomic mass is 16.8. The molecule has 0 saturated carbocycles. The van der Waals surface area contributed by atoms with Crippen molar-refractivity contribution in [3.63, 3.8) is 0 Å². The minimum atomic E-state index is -2.14. The van der Waals surface area contributed by atoms with E-state index in [0.717, 1.165) is 0 Å². The molecule has 0 aromatic heterocycles. The third-order valence-corrected chi connectivity index (χ3v) is 4.12. The molecule has 2 heterocycles. The maximum absolute atomic E-state index is 10.1. The summed E-state index contributed by atoms with van der Waals surface area (Å²) >= 11 is 0. The van der Waals surface area contributed by atoms with Crippen molar-refractivity contribution in [2.45, 2.75) is 54.8 Å². The van der Waals surface area contributed by atoms with Crippen LogP contribution in [-0.2, 0) is 14.2 Å². The molecule has 136 valence electrons. The molecule has 0 aromatic carbocycles. The first-order valence-corrected chi connectivity index (χ1v) is 7.14. The van der Waals surface area contributed by atoms with Crippen LogP contribution in [0.15, 0.2) is 0 Å². The van der Waals surface area contributed by atoms with Crippen molar-refractivity contribution < 1.29 is 50.0 Å². The van der Waals surface area contributed by atoms with Crippen molar-refractivity contribution in [2.75, 3.05) is 19.8 Å². The predicted molar refractivity (Wildman–Crippen MR) is 70.6 cm³/mol. The largest absolute Gasteiger partial charge is 0.394 e. The Morgan fingerprint density at radius 2 is 1.57 bits per heavy atom. The lowest BCUT2D eigenvalue weighted by Gasteiger charge is -2.43. The quantitative estimate of drug-likeness (QED) is 0.238. The third-order valence-electron chi connectivity index (χ3n) is 4.12. The van der Waals surface area contributed by atoms with Crippen LogP contribution in [0.3, 0.4) is 0 Å². The number of aliphatic hydroxyl groups is 7. The van der Waals surface area contributed by atoms with E-state index in [-0.39, 0.29) is 6.54 Å². The van der Waals surface area contributed by atoms with Gasteiger partial charge in [-0.3, -0.25) is 0 Å². The number of ether oxygens (including phenoxy) is 3. The van der Waals surface area contributed by atoms with Crippen molar-refractivity contribution in [3.05, 3.63) is 0 Å². The van der Waals surface area contributed by atoms with Crippen molar-refractivity contribution in [1.29, 1.82) is 0 Å². The fourth-order valence-corrected chi connectivity index (χ4v) is 2.67. The van der Waals surface area contributed by atoms with E-state index in [1.165, 1.54) is 0 Å². The minimum absolute atomic E-state index is 0.169. The van der Waals surface area contributed by atoms with Crippen molar-refractivity contribution in [1.82, 2.24) is 0 Å². The lowest BCUT2D eigenvalue weighted by molar-refractivity contribution is -0.382. The zero-order valence-electron chi connectivity index (χ0n) is 12.2. The van der Waals surface area contributed by atoms with Gasteiger partial charge in [-0.25, -0.2) is 0 Å². The van der Waals surface area contributed by atoms with Gasteiger partial charge in [0.2, 0.25) is 5.79 Å². The maximum Gasteiger partial charge on any atom is 0.224 e. The Morgan fingerprint density at radius 3 is 2.04 bits per heavy atom. The molecule has 0 aliphatic carbocycles. The summed E-state index contributed by atoms with van der Waals surface area (Å²) in [6.07, 6.45) is -12.1. The third kappa shape index (κ3) is 3.23. The second kappa shape index (κ2) is 7.21. The number of aliphatic hydroxyl groups excluding tert-OH is 7. The molecule has 9 N–H and O–H groups in total. The summed E-state index contributed by atoms with van der Waals surface area (Å²) in [7, 11) is 0. The Labute approximate surface area is 131 Å². The SMILES string of the molecule is NC[C@H]1O[C@@](CO)(O[C@H]2O[C@H](CO)[C@@H](O)[C@H](O)[C@H]2O)[C@@H](O)[C@@H]1O. The summed E-state index contributed by atoms with van der Waals surface area (Å²) < 4.78 is 15.7. The molecule has 2 aliphatic heterocycles. The van der Waals surface area contributed by atoms with Crippen molar-refractivity contribution >= 4 is 0 Å². The fourth-order valence-electron chi connectivity index (χ4n) is 2.67. The van der Waals surface area contributed by atoms with Crippen molar-refractivity contribution in [2.24, 2.45) is 5.73 Å². The van der Waals surface area contributed by atoms with E-state index in [0.29, 0.717) is 0 Å². The zero-order chi connectivity index (χ0) is 17.4. The topological polar surface area (TPSA) is 195 Å². The van der Waals surface area contributed by atoms with Gasteiger partial charge in [-0.15, -0.1) is 0 Å². The number of hydrogen-bond acceptors (Lipinski definition) is 11. The molecule has 0 radical (unpaired) electrons.